The molecule has 3 nitrogen and oxygen atoms in total. The molecule has 1 fully saturated rings. The van der Waals surface area contributed by atoms with Gasteiger partial charge in [-0.3, -0.25) is 4.79 Å². The van der Waals surface area contributed by atoms with Crippen LogP contribution < -0.4 is 5.32 Å². The van der Waals surface area contributed by atoms with Gasteiger partial charge in [-0.25, -0.2) is 0 Å². The average molecular weight is 245 g/mol. The number of nitrogens with one attached hydrogen (secondary N) is 1. The minimum Gasteiger partial charge on any atom is -0.481 e. The molecule has 0 radical (unpaired) electrons. The van der Waals surface area contributed by atoms with E-state index in [1.807, 2.05) is 0 Å². The van der Waals surface area contributed by atoms with E-state index in [9.17, 15) is 4.79 Å². The molecule has 1 saturated heterocycles. The third-order valence-electron chi connectivity index (χ3n) is 3.04. The van der Waals surface area contributed by atoms with Crippen LogP contribution in [0, 0.1) is 0 Å². The number of hydrogen-bond acceptors (Lipinski definition) is 3. The van der Waals surface area contributed by atoms with E-state index in [2.05, 4.69) is 24.0 Å². The molecule has 0 amide bonds. The van der Waals surface area contributed by atoms with Crippen molar-refractivity contribution in [2.75, 3.05) is 18.8 Å². The SMILES string of the molecule is CC1(CNCCCCCC(=O)O)CCCS1. The molecule has 1 aliphatic heterocycles. The first-order valence-electron chi connectivity index (χ1n) is 6.19. The molecule has 1 rings (SSSR count). The molecule has 0 aromatic carbocycles. The van der Waals surface area contributed by atoms with Crippen LogP contribution >= 0.6 is 11.8 Å². The lowest BCUT2D eigenvalue weighted by atomic mass is 10.1. The molecule has 0 spiro atoms. The smallest absolute Gasteiger partial charge is 0.303 e. The summed E-state index contributed by atoms with van der Waals surface area (Å²) in [5.74, 6) is 0.624. The highest BCUT2D eigenvalue weighted by Gasteiger charge is 2.28. The fraction of sp³-hybridized carbons (Fsp3) is 0.917. The van der Waals surface area contributed by atoms with Gasteiger partial charge in [-0.15, -0.1) is 0 Å². The monoisotopic (exact) mass is 245 g/mol. The van der Waals surface area contributed by atoms with Gasteiger partial charge in [0.15, 0.2) is 0 Å². The number of carboxylic acid groups (broad SMARTS) is 1. The lowest BCUT2D eigenvalue weighted by Gasteiger charge is -2.22. The molecule has 0 aromatic heterocycles. The van der Waals surface area contributed by atoms with E-state index in [0.29, 0.717) is 11.2 Å². The maximum absolute atomic E-state index is 10.3. The molecule has 1 heterocycles. The maximum Gasteiger partial charge on any atom is 0.303 e. The van der Waals surface area contributed by atoms with E-state index in [0.717, 1.165) is 32.4 Å². The summed E-state index contributed by atoms with van der Waals surface area (Å²) in [6.45, 7) is 4.45. The predicted octanol–water partition coefficient (Wildman–Crippen LogP) is 2.51. The Labute approximate surface area is 102 Å². The summed E-state index contributed by atoms with van der Waals surface area (Å²) in [7, 11) is 0. The van der Waals surface area contributed by atoms with E-state index in [-0.39, 0.29) is 0 Å². The Morgan fingerprint density at radius 2 is 2.25 bits per heavy atom. The molecule has 0 aromatic rings. The molecule has 1 aliphatic rings. The van der Waals surface area contributed by atoms with Crippen molar-refractivity contribution in [2.24, 2.45) is 0 Å². The van der Waals surface area contributed by atoms with Crippen LogP contribution in [0.15, 0.2) is 0 Å². The van der Waals surface area contributed by atoms with Gasteiger partial charge < -0.3 is 10.4 Å². The molecule has 94 valence electrons. The van der Waals surface area contributed by atoms with Gasteiger partial charge in [-0.2, -0.15) is 11.8 Å². The first-order valence-corrected chi connectivity index (χ1v) is 7.17. The van der Waals surface area contributed by atoms with E-state index >= 15 is 0 Å². The van der Waals surface area contributed by atoms with Crippen molar-refractivity contribution in [3.63, 3.8) is 0 Å². The normalized spacial score (nSPS) is 24.8. The van der Waals surface area contributed by atoms with Crippen molar-refractivity contribution >= 4 is 17.7 Å². The Kier molecular flexibility index (Phi) is 6.21. The number of aliphatic carboxylic acids is 1. The minimum absolute atomic E-state index is 0.313. The highest BCUT2D eigenvalue weighted by molar-refractivity contribution is 8.00. The predicted molar refractivity (Wildman–Crippen MR) is 69.1 cm³/mol. The van der Waals surface area contributed by atoms with Crippen molar-refractivity contribution in [1.82, 2.24) is 5.32 Å². The Morgan fingerprint density at radius 1 is 1.44 bits per heavy atom. The zero-order chi connectivity index (χ0) is 11.9. The first kappa shape index (κ1) is 13.8. The Balaban J connectivity index is 1.90. The van der Waals surface area contributed by atoms with Crippen LogP contribution in [0.1, 0.15) is 45.4 Å². The van der Waals surface area contributed by atoms with Crippen LogP contribution in [0.4, 0.5) is 0 Å². The van der Waals surface area contributed by atoms with Crippen molar-refractivity contribution in [3.05, 3.63) is 0 Å². The molecular weight excluding hydrogens is 222 g/mol. The van der Waals surface area contributed by atoms with Crippen LogP contribution in [-0.2, 0) is 4.79 Å². The van der Waals surface area contributed by atoms with Crippen molar-refractivity contribution in [2.45, 2.75) is 50.2 Å². The third kappa shape index (κ3) is 5.75. The van der Waals surface area contributed by atoms with Crippen LogP contribution in [0.25, 0.3) is 0 Å². The summed E-state index contributed by atoms with van der Waals surface area (Å²) in [5.41, 5.74) is 0. The van der Waals surface area contributed by atoms with Crippen molar-refractivity contribution in [3.8, 4) is 0 Å². The number of hydrogen-bond donors (Lipinski definition) is 2. The van der Waals surface area contributed by atoms with Gasteiger partial charge in [-0.1, -0.05) is 6.42 Å². The number of rotatable bonds is 8. The van der Waals surface area contributed by atoms with Gasteiger partial charge in [0.05, 0.1) is 0 Å². The van der Waals surface area contributed by atoms with E-state index in [1.54, 1.807) is 0 Å². The zero-order valence-corrected chi connectivity index (χ0v) is 10.9. The first-order chi connectivity index (χ1) is 7.62. The van der Waals surface area contributed by atoms with Gasteiger partial charge in [0.1, 0.15) is 0 Å². The fourth-order valence-electron chi connectivity index (χ4n) is 2.03. The Hall–Kier alpha value is -0.220. The topological polar surface area (TPSA) is 49.3 Å². The number of carboxylic acids is 1. The van der Waals surface area contributed by atoms with Gasteiger partial charge in [-0.05, 0) is 44.9 Å². The second kappa shape index (κ2) is 7.17. The molecule has 1 unspecified atom stereocenters. The summed E-state index contributed by atoms with van der Waals surface area (Å²) in [5, 5.41) is 12.0. The molecule has 0 aliphatic carbocycles. The maximum atomic E-state index is 10.3. The van der Waals surface area contributed by atoms with Gasteiger partial charge in [0.25, 0.3) is 0 Å². The highest BCUT2D eigenvalue weighted by atomic mass is 32.2. The molecule has 1 atom stereocenters. The van der Waals surface area contributed by atoms with Crippen LogP contribution in [-0.4, -0.2) is 34.7 Å². The Bertz CT molecular complexity index is 215. The number of carbonyl (C=O) groups is 1. The molecule has 2 N–H and O–H groups in total. The second-order valence-electron chi connectivity index (χ2n) is 4.78. The van der Waals surface area contributed by atoms with E-state index < -0.39 is 5.97 Å². The standard InChI is InChI=1S/C12H23NO2S/c1-12(7-5-9-16-12)10-13-8-4-2-3-6-11(14)15/h13H,2-10H2,1H3,(H,14,15). The molecule has 0 bridgehead atoms. The lowest BCUT2D eigenvalue weighted by molar-refractivity contribution is -0.137. The van der Waals surface area contributed by atoms with Gasteiger partial charge >= 0.3 is 5.97 Å². The largest absolute Gasteiger partial charge is 0.481 e. The van der Waals surface area contributed by atoms with Crippen LogP contribution in [0.2, 0.25) is 0 Å². The molecule has 4 heteroatoms. The lowest BCUT2D eigenvalue weighted by Crippen LogP contribution is -2.33. The minimum atomic E-state index is -0.678. The average Bonchev–Trinajstić information content (AvgIpc) is 2.64. The summed E-state index contributed by atoms with van der Waals surface area (Å²) in [4.78, 5) is 10.3. The van der Waals surface area contributed by atoms with E-state index in [4.69, 9.17) is 5.11 Å². The van der Waals surface area contributed by atoms with Crippen molar-refractivity contribution in [1.29, 1.82) is 0 Å². The fourth-order valence-corrected chi connectivity index (χ4v) is 3.31. The van der Waals surface area contributed by atoms with Gasteiger partial charge in [0, 0.05) is 17.7 Å². The molecule has 16 heavy (non-hydrogen) atoms. The van der Waals surface area contributed by atoms with Crippen LogP contribution in [0.3, 0.4) is 0 Å². The van der Waals surface area contributed by atoms with Crippen molar-refractivity contribution < 1.29 is 9.90 Å². The molecular formula is C12H23NO2S. The third-order valence-corrected chi connectivity index (χ3v) is 4.58. The molecule has 0 saturated carbocycles. The summed E-state index contributed by atoms with van der Waals surface area (Å²) >= 11 is 2.08. The quantitative estimate of drug-likeness (QED) is 0.645. The number of thioether (sulfide) groups is 1. The van der Waals surface area contributed by atoms with Crippen LogP contribution in [0.5, 0.6) is 0 Å². The number of unbranched alkanes of at least 4 members (excludes halogenated alkanes) is 2. The zero-order valence-electron chi connectivity index (χ0n) is 10.1. The summed E-state index contributed by atoms with van der Waals surface area (Å²) in [6.07, 6.45) is 5.90. The van der Waals surface area contributed by atoms with Gasteiger partial charge in [0.2, 0.25) is 0 Å². The highest BCUT2D eigenvalue weighted by Crippen LogP contribution is 2.36. The summed E-state index contributed by atoms with van der Waals surface area (Å²) in [6, 6.07) is 0. The Morgan fingerprint density at radius 3 is 2.88 bits per heavy atom. The summed E-state index contributed by atoms with van der Waals surface area (Å²) < 4.78 is 0.446. The van der Waals surface area contributed by atoms with E-state index in [1.165, 1.54) is 18.6 Å². The second-order valence-corrected chi connectivity index (χ2v) is 6.47.